The van der Waals surface area contributed by atoms with Crippen LogP contribution in [0.25, 0.3) is 0 Å². The van der Waals surface area contributed by atoms with Crippen LogP contribution in [0.1, 0.15) is 18.1 Å². The molecule has 0 spiro atoms. The zero-order valence-electron chi connectivity index (χ0n) is 13.9. The van der Waals surface area contributed by atoms with Crippen molar-refractivity contribution >= 4 is 23.0 Å². The van der Waals surface area contributed by atoms with Crippen LogP contribution in [0.5, 0.6) is 0 Å². The van der Waals surface area contributed by atoms with E-state index in [1.807, 2.05) is 18.2 Å². The number of rotatable bonds is 3. The van der Waals surface area contributed by atoms with Crippen LogP contribution >= 0.6 is 0 Å². The fourth-order valence-electron chi connectivity index (χ4n) is 3.31. The second-order valence-electron chi connectivity index (χ2n) is 6.25. The Morgan fingerprint density at radius 3 is 2.71 bits per heavy atom. The highest BCUT2D eigenvalue weighted by atomic mass is 15.2. The Labute approximate surface area is 142 Å². The van der Waals surface area contributed by atoms with Gasteiger partial charge in [-0.25, -0.2) is 9.97 Å². The molecule has 4 heteroatoms. The summed E-state index contributed by atoms with van der Waals surface area (Å²) in [6.07, 6.45) is 2.67. The molecule has 0 aliphatic carbocycles. The molecule has 1 aliphatic rings. The first kappa shape index (κ1) is 14.7. The van der Waals surface area contributed by atoms with Gasteiger partial charge in [0.25, 0.3) is 0 Å². The molecule has 1 aliphatic heterocycles. The van der Waals surface area contributed by atoms with E-state index in [4.69, 9.17) is 0 Å². The molecule has 2 aromatic carbocycles. The van der Waals surface area contributed by atoms with E-state index < -0.39 is 0 Å². The summed E-state index contributed by atoms with van der Waals surface area (Å²) in [4.78, 5) is 11.2. The van der Waals surface area contributed by atoms with Gasteiger partial charge >= 0.3 is 0 Å². The predicted octanol–water partition coefficient (Wildman–Crippen LogP) is 4.61. The molecule has 0 fully saturated rings. The highest BCUT2D eigenvalue weighted by Crippen LogP contribution is 2.37. The van der Waals surface area contributed by atoms with E-state index in [9.17, 15) is 0 Å². The molecule has 2 heterocycles. The summed E-state index contributed by atoms with van der Waals surface area (Å²) in [5.41, 5.74) is 4.87. The number of fused-ring (bicyclic) bond motifs is 1. The maximum absolute atomic E-state index is 4.51. The molecule has 1 aromatic heterocycles. The lowest BCUT2D eigenvalue weighted by molar-refractivity contribution is 0.749. The van der Waals surface area contributed by atoms with E-state index in [0.717, 1.165) is 23.7 Å². The Hall–Kier alpha value is -2.88. The predicted molar refractivity (Wildman–Crippen MR) is 98.2 cm³/mol. The quantitative estimate of drug-likeness (QED) is 0.766. The van der Waals surface area contributed by atoms with E-state index in [0.29, 0.717) is 6.04 Å². The number of nitrogens with one attached hydrogen (secondary N) is 1. The Bertz CT molecular complexity index is 875. The third-order valence-corrected chi connectivity index (χ3v) is 4.51. The van der Waals surface area contributed by atoms with Gasteiger partial charge in [-0.05, 0) is 43.5 Å². The van der Waals surface area contributed by atoms with Crippen molar-refractivity contribution in [3.05, 3.63) is 72.1 Å². The van der Waals surface area contributed by atoms with Crippen LogP contribution in [0, 0.1) is 6.92 Å². The molecule has 0 radical (unpaired) electrons. The molecule has 0 saturated carbocycles. The van der Waals surface area contributed by atoms with Crippen LogP contribution in [0.4, 0.5) is 23.0 Å². The van der Waals surface area contributed by atoms with E-state index in [2.05, 4.69) is 70.4 Å². The topological polar surface area (TPSA) is 41.0 Å². The van der Waals surface area contributed by atoms with Crippen molar-refractivity contribution in [2.24, 2.45) is 0 Å². The summed E-state index contributed by atoms with van der Waals surface area (Å²) in [5.74, 6) is 1.74. The fourth-order valence-corrected chi connectivity index (χ4v) is 3.31. The number of aryl methyl sites for hydroxylation is 1. The van der Waals surface area contributed by atoms with Gasteiger partial charge in [0, 0.05) is 23.5 Å². The zero-order chi connectivity index (χ0) is 16.5. The summed E-state index contributed by atoms with van der Waals surface area (Å²) in [6, 6.07) is 19.2. The molecule has 1 N–H and O–H groups in total. The fraction of sp³-hybridized carbons (Fsp3) is 0.200. The van der Waals surface area contributed by atoms with Crippen LogP contribution < -0.4 is 10.2 Å². The van der Waals surface area contributed by atoms with Crippen molar-refractivity contribution in [2.75, 3.05) is 10.2 Å². The number of benzene rings is 2. The van der Waals surface area contributed by atoms with Gasteiger partial charge in [-0.3, -0.25) is 0 Å². The molecule has 0 saturated heterocycles. The monoisotopic (exact) mass is 316 g/mol. The molecule has 24 heavy (non-hydrogen) atoms. The van der Waals surface area contributed by atoms with E-state index in [1.165, 1.54) is 16.8 Å². The van der Waals surface area contributed by atoms with E-state index in [1.54, 1.807) is 6.33 Å². The SMILES string of the molecule is Cc1ccccc1Nc1cc(N2c3ccccc3CC2C)ncn1. The van der Waals surface area contributed by atoms with E-state index >= 15 is 0 Å². The van der Waals surface area contributed by atoms with Crippen LogP contribution in [0.15, 0.2) is 60.9 Å². The molecule has 1 atom stereocenters. The molecule has 4 rings (SSSR count). The first-order valence-corrected chi connectivity index (χ1v) is 8.24. The largest absolute Gasteiger partial charge is 0.340 e. The first-order valence-electron chi connectivity index (χ1n) is 8.24. The van der Waals surface area contributed by atoms with Crippen molar-refractivity contribution in [3.63, 3.8) is 0 Å². The molecule has 4 nitrogen and oxygen atoms in total. The zero-order valence-corrected chi connectivity index (χ0v) is 13.9. The van der Waals surface area contributed by atoms with Gasteiger partial charge in [-0.2, -0.15) is 0 Å². The number of hydrogen-bond donors (Lipinski definition) is 1. The Kier molecular flexibility index (Phi) is 3.65. The van der Waals surface area contributed by atoms with E-state index in [-0.39, 0.29) is 0 Å². The summed E-state index contributed by atoms with van der Waals surface area (Å²) >= 11 is 0. The van der Waals surface area contributed by atoms with Gasteiger partial charge in [0.15, 0.2) is 0 Å². The standard InChI is InChI=1S/C20H20N4/c1-14-7-3-5-9-17(14)23-19-12-20(22-13-21-19)24-15(2)11-16-8-4-6-10-18(16)24/h3-10,12-13,15H,11H2,1-2H3,(H,21,22,23). The summed E-state index contributed by atoms with van der Waals surface area (Å²) in [5, 5.41) is 3.40. The smallest absolute Gasteiger partial charge is 0.138 e. The number of para-hydroxylation sites is 2. The van der Waals surface area contributed by atoms with Crippen LogP contribution in [0.2, 0.25) is 0 Å². The Morgan fingerprint density at radius 2 is 1.83 bits per heavy atom. The second-order valence-corrected chi connectivity index (χ2v) is 6.25. The molecule has 120 valence electrons. The van der Waals surface area contributed by atoms with Crippen molar-refractivity contribution in [3.8, 4) is 0 Å². The van der Waals surface area contributed by atoms with Crippen molar-refractivity contribution in [1.29, 1.82) is 0 Å². The van der Waals surface area contributed by atoms with Gasteiger partial charge in [-0.15, -0.1) is 0 Å². The summed E-state index contributed by atoms with van der Waals surface area (Å²) in [6.45, 7) is 4.32. The van der Waals surface area contributed by atoms with Crippen molar-refractivity contribution in [1.82, 2.24) is 9.97 Å². The molecular formula is C20H20N4. The first-order chi connectivity index (χ1) is 11.7. The Balaban J connectivity index is 1.67. The van der Waals surface area contributed by atoms with Gasteiger partial charge in [0.05, 0.1) is 0 Å². The molecule has 0 bridgehead atoms. The van der Waals surface area contributed by atoms with Crippen molar-refractivity contribution in [2.45, 2.75) is 26.3 Å². The number of anilines is 4. The molecule has 3 aromatic rings. The van der Waals surface area contributed by atoms with Crippen LogP contribution in [0.3, 0.4) is 0 Å². The van der Waals surface area contributed by atoms with Crippen molar-refractivity contribution < 1.29 is 0 Å². The molecule has 1 unspecified atom stereocenters. The van der Waals surface area contributed by atoms with Gasteiger partial charge in [0.1, 0.15) is 18.0 Å². The summed E-state index contributed by atoms with van der Waals surface area (Å²) in [7, 11) is 0. The van der Waals surface area contributed by atoms with Crippen LogP contribution in [-0.2, 0) is 6.42 Å². The highest BCUT2D eigenvalue weighted by Gasteiger charge is 2.27. The maximum atomic E-state index is 4.51. The number of hydrogen-bond acceptors (Lipinski definition) is 4. The maximum Gasteiger partial charge on any atom is 0.138 e. The minimum atomic E-state index is 0.392. The molecular weight excluding hydrogens is 296 g/mol. The second kappa shape index (κ2) is 5.96. The number of nitrogens with zero attached hydrogens (tertiary/aromatic N) is 3. The molecule has 0 amide bonds. The lowest BCUT2D eigenvalue weighted by atomic mass is 10.1. The average Bonchev–Trinajstić information content (AvgIpc) is 2.93. The lowest BCUT2D eigenvalue weighted by Gasteiger charge is -2.24. The van der Waals surface area contributed by atoms with Gasteiger partial charge < -0.3 is 10.2 Å². The lowest BCUT2D eigenvalue weighted by Crippen LogP contribution is -2.24. The average molecular weight is 316 g/mol. The highest BCUT2D eigenvalue weighted by molar-refractivity contribution is 5.71. The normalized spacial score (nSPS) is 16.1. The van der Waals surface area contributed by atoms with Gasteiger partial charge in [-0.1, -0.05) is 36.4 Å². The number of aromatic nitrogens is 2. The Morgan fingerprint density at radius 1 is 1.04 bits per heavy atom. The minimum absolute atomic E-state index is 0.392. The van der Waals surface area contributed by atoms with Crippen LogP contribution in [-0.4, -0.2) is 16.0 Å². The van der Waals surface area contributed by atoms with Gasteiger partial charge in [0.2, 0.25) is 0 Å². The summed E-state index contributed by atoms with van der Waals surface area (Å²) < 4.78 is 0. The third kappa shape index (κ3) is 2.60. The minimum Gasteiger partial charge on any atom is -0.340 e. The third-order valence-electron chi connectivity index (χ3n) is 4.51.